The normalized spacial score (nSPS) is 11.0. The maximum atomic E-state index is 5.42. The van der Waals surface area contributed by atoms with Gasteiger partial charge in [0.2, 0.25) is 0 Å². The van der Waals surface area contributed by atoms with Gasteiger partial charge in [-0.15, -0.1) is 0 Å². The molecular formula is C15H19N3S. The van der Waals surface area contributed by atoms with Gasteiger partial charge in [-0.25, -0.2) is 4.98 Å². The maximum absolute atomic E-state index is 5.42. The Morgan fingerprint density at radius 3 is 2.68 bits per heavy atom. The Morgan fingerprint density at radius 2 is 2.11 bits per heavy atom. The lowest BCUT2D eigenvalue weighted by atomic mass is 10.0. The number of pyridine rings is 1. The van der Waals surface area contributed by atoms with Crippen LogP contribution in [0.1, 0.15) is 43.5 Å². The van der Waals surface area contributed by atoms with Gasteiger partial charge in [0.1, 0.15) is 10.3 Å². The first kappa shape index (κ1) is 13.9. The first-order valence-corrected chi connectivity index (χ1v) is 7.00. The van der Waals surface area contributed by atoms with Gasteiger partial charge in [0.25, 0.3) is 0 Å². The fourth-order valence-corrected chi connectivity index (χ4v) is 2.80. The van der Waals surface area contributed by atoms with Crippen molar-refractivity contribution in [1.82, 2.24) is 15.0 Å². The Labute approximate surface area is 119 Å². The first-order valence-electron chi connectivity index (χ1n) is 6.59. The lowest BCUT2D eigenvalue weighted by molar-refractivity contribution is 0.823. The van der Waals surface area contributed by atoms with Gasteiger partial charge < -0.3 is 4.98 Å². The van der Waals surface area contributed by atoms with E-state index in [2.05, 4.69) is 41.8 Å². The fraction of sp³-hybridized carbons (Fsp3) is 0.400. The van der Waals surface area contributed by atoms with Crippen molar-refractivity contribution in [2.75, 3.05) is 0 Å². The van der Waals surface area contributed by atoms with Gasteiger partial charge in [0.05, 0.1) is 0 Å². The molecule has 2 rings (SSSR count). The number of nitrogens with one attached hydrogen (secondary N) is 1. The minimum Gasteiger partial charge on any atom is -0.342 e. The molecule has 0 atom stereocenters. The summed E-state index contributed by atoms with van der Waals surface area (Å²) in [6.45, 7) is 8.42. The topological polar surface area (TPSA) is 41.6 Å². The van der Waals surface area contributed by atoms with Crippen molar-refractivity contribution in [3.63, 3.8) is 0 Å². The summed E-state index contributed by atoms with van der Waals surface area (Å²) in [5.74, 6) is 1.14. The number of H-pyrrole nitrogens is 1. The van der Waals surface area contributed by atoms with Crippen molar-refractivity contribution in [3.05, 3.63) is 39.8 Å². The van der Waals surface area contributed by atoms with Gasteiger partial charge >= 0.3 is 0 Å². The SMILES string of the molecule is CCc1cccnc1-c1nc(=S)c(C(C)C)c(C)[nH]1. The van der Waals surface area contributed by atoms with E-state index in [4.69, 9.17) is 12.2 Å². The summed E-state index contributed by atoms with van der Waals surface area (Å²) in [6, 6.07) is 4.03. The molecule has 0 amide bonds. The molecule has 0 aliphatic heterocycles. The molecular weight excluding hydrogens is 254 g/mol. The van der Waals surface area contributed by atoms with Crippen LogP contribution in [-0.4, -0.2) is 15.0 Å². The third kappa shape index (κ3) is 2.73. The highest BCUT2D eigenvalue weighted by atomic mass is 32.1. The van der Waals surface area contributed by atoms with Gasteiger partial charge in [-0.3, -0.25) is 4.98 Å². The van der Waals surface area contributed by atoms with Crippen LogP contribution in [0.4, 0.5) is 0 Å². The predicted octanol–water partition coefficient (Wildman–Crippen LogP) is 4.20. The van der Waals surface area contributed by atoms with Crippen LogP contribution < -0.4 is 0 Å². The Morgan fingerprint density at radius 1 is 1.37 bits per heavy atom. The number of nitrogens with zero attached hydrogens (tertiary/aromatic N) is 2. The van der Waals surface area contributed by atoms with E-state index in [1.54, 1.807) is 6.20 Å². The summed E-state index contributed by atoms with van der Waals surface area (Å²) in [5, 5.41) is 0. The van der Waals surface area contributed by atoms with Gasteiger partial charge in [0, 0.05) is 17.5 Å². The number of aromatic amines is 1. The summed E-state index contributed by atoms with van der Waals surface area (Å²) < 4.78 is 0.675. The standard InChI is InChI=1S/C15H19N3S/c1-5-11-7-6-8-16-13(11)14-17-10(4)12(9(2)3)15(19)18-14/h6-9H,5H2,1-4H3,(H,17,18,19). The summed E-state index contributed by atoms with van der Waals surface area (Å²) in [6.07, 6.45) is 2.72. The molecule has 0 bridgehead atoms. The van der Waals surface area contributed by atoms with Crippen LogP contribution >= 0.6 is 12.2 Å². The minimum atomic E-state index is 0.375. The third-order valence-corrected chi connectivity index (χ3v) is 3.54. The molecule has 4 heteroatoms. The fourth-order valence-electron chi connectivity index (χ4n) is 2.32. The average Bonchev–Trinajstić information content (AvgIpc) is 2.37. The zero-order valence-corrected chi connectivity index (χ0v) is 12.6. The van der Waals surface area contributed by atoms with Gasteiger partial charge in [0.15, 0.2) is 5.82 Å². The molecule has 3 nitrogen and oxygen atoms in total. The van der Waals surface area contributed by atoms with E-state index in [1.807, 2.05) is 13.0 Å². The third-order valence-electron chi connectivity index (χ3n) is 3.23. The Kier molecular flexibility index (Phi) is 4.10. The second kappa shape index (κ2) is 5.61. The highest BCUT2D eigenvalue weighted by Crippen LogP contribution is 2.23. The van der Waals surface area contributed by atoms with Crippen LogP contribution in [0, 0.1) is 11.6 Å². The minimum absolute atomic E-state index is 0.375. The average molecular weight is 273 g/mol. The van der Waals surface area contributed by atoms with Crippen LogP contribution in [0.2, 0.25) is 0 Å². The molecule has 0 unspecified atom stereocenters. The summed E-state index contributed by atoms with van der Waals surface area (Å²) in [7, 11) is 0. The van der Waals surface area contributed by atoms with Crippen LogP contribution in [0.3, 0.4) is 0 Å². The summed E-state index contributed by atoms with van der Waals surface area (Å²) in [4.78, 5) is 12.3. The van der Waals surface area contributed by atoms with Gasteiger partial charge in [-0.05, 0) is 30.9 Å². The van der Waals surface area contributed by atoms with Crippen LogP contribution in [0.25, 0.3) is 11.5 Å². The summed E-state index contributed by atoms with van der Waals surface area (Å²) in [5.41, 5.74) is 4.28. The molecule has 0 spiro atoms. The molecule has 0 radical (unpaired) electrons. The molecule has 0 fully saturated rings. The second-order valence-electron chi connectivity index (χ2n) is 4.95. The molecule has 0 aromatic carbocycles. The summed E-state index contributed by atoms with van der Waals surface area (Å²) >= 11 is 5.42. The number of aryl methyl sites for hydroxylation is 2. The van der Waals surface area contributed by atoms with Crippen molar-refractivity contribution >= 4 is 12.2 Å². The molecule has 0 aliphatic carbocycles. The Bertz CT molecular complexity index is 644. The lowest BCUT2D eigenvalue weighted by Gasteiger charge is -2.12. The maximum Gasteiger partial charge on any atom is 0.158 e. The highest BCUT2D eigenvalue weighted by molar-refractivity contribution is 7.71. The van der Waals surface area contributed by atoms with Gasteiger partial charge in [-0.1, -0.05) is 39.1 Å². The number of hydrogen-bond donors (Lipinski definition) is 1. The molecule has 1 N–H and O–H groups in total. The van der Waals surface area contributed by atoms with E-state index in [0.29, 0.717) is 10.6 Å². The van der Waals surface area contributed by atoms with E-state index in [0.717, 1.165) is 29.2 Å². The highest BCUT2D eigenvalue weighted by Gasteiger charge is 2.12. The zero-order valence-electron chi connectivity index (χ0n) is 11.8. The molecule has 2 aromatic rings. The van der Waals surface area contributed by atoms with Crippen molar-refractivity contribution in [2.24, 2.45) is 0 Å². The van der Waals surface area contributed by atoms with Crippen molar-refractivity contribution in [3.8, 4) is 11.5 Å². The molecule has 0 saturated heterocycles. The lowest BCUT2D eigenvalue weighted by Crippen LogP contribution is -2.04. The molecule has 100 valence electrons. The Hall–Kier alpha value is -1.55. The van der Waals surface area contributed by atoms with E-state index in [9.17, 15) is 0 Å². The van der Waals surface area contributed by atoms with Crippen LogP contribution in [0.5, 0.6) is 0 Å². The van der Waals surface area contributed by atoms with Crippen LogP contribution in [0.15, 0.2) is 18.3 Å². The smallest absolute Gasteiger partial charge is 0.158 e. The predicted molar refractivity (Wildman–Crippen MR) is 80.9 cm³/mol. The first-order chi connectivity index (χ1) is 9.04. The van der Waals surface area contributed by atoms with E-state index >= 15 is 0 Å². The molecule has 0 aliphatic rings. The molecule has 19 heavy (non-hydrogen) atoms. The molecule has 2 aromatic heterocycles. The number of hydrogen-bond acceptors (Lipinski definition) is 3. The monoisotopic (exact) mass is 273 g/mol. The molecule has 0 saturated carbocycles. The van der Waals surface area contributed by atoms with E-state index in [1.165, 1.54) is 5.56 Å². The quantitative estimate of drug-likeness (QED) is 0.852. The largest absolute Gasteiger partial charge is 0.342 e. The number of rotatable bonds is 3. The second-order valence-corrected chi connectivity index (χ2v) is 5.34. The van der Waals surface area contributed by atoms with Crippen molar-refractivity contribution < 1.29 is 0 Å². The number of aromatic nitrogens is 3. The van der Waals surface area contributed by atoms with E-state index < -0.39 is 0 Å². The van der Waals surface area contributed by atoms with Crippen molar-refractivity contribution in [2.45, 2.75) is 40.0 Å². The Balaban J connectivity index is 2.62. The van der Waals surface area contributed by atoms with E-state index in [-0.39, 0.29) is 0 Å². The van der Waals surface area contributed by atoms with Gasteiger partial charge in [-0.2, -0.15) is 0 Å². The van der Waals surface area contributed by atoms with Crippen molar-refractivity contribution in [1.29, 1.82) is 0 Å². The zero-order chi connectivity index (χ0) is 14.0. The molecule has 2 heterocycles. The van der Waals surface area contributed by atoms with Crippen LogP contribution in [-0.2, 0) is 6.42 Å².